The molecule has 0 radical (unpaired) electrons. The maximum Gasteiger partial charge on any atom is 0.304 e. The van der Waals surface area contributed by atoms with E-state index in [-0.39, 0.29) is 0 Å². The normalized spacial score (nSPS) is 12.0. The zero-order chi connectivity index (χ0) is 10.9. The Balaban J connectivity index is 3.40. The van der Waals surface area contributed by atoms with Crippen LogP contribution in [0, 0.1) is 13.8 Å². The molecule has 2 N–H and O–H groups in total. The average molecular weight is 217 g/mol. The van der Waals surface area contributed by atoms with Crippen molar-refractivity contribution in [3.05, 3.63) is 17.2 Å². The SMILES string of the molecule is CCCc1c(C)nc(C)n1S(N)(=O)=O. The summed E-state index contributed by atoms with van der Waals surface area (Å²) in [5, 5.41) is 5.10. The van der Waals surface area contributed by atoms with Crippen LogP contribution in [0.3, 0.4) is 0 Å². The van der Waals surface area contributed by atoms with Crippen molar-refractivity contribution in [1.82, 2.24) is 8.96 Å². The van der Waals surface area contributed by atoms with Gasteiger partial charge < -0.3 is 0 Å². The Hall–Kier alpha value is -0.880. The van der Waals surface area contributed by atoms with Gasteiger partial charge in [0.25, 0.3) is 0 Å². The van der Waals surface area contributed by atoms with Crippen molar-refractivity contribution in [3.8, 4) is 0 Å². The van der Waals surface area contributed by atoms with E-state index in [0.29, 0.717) is 17.9 Å². The Morgan fingerprint density at radius 3 is 2.43 bits per heavy atom. The predicted molar refractivity (Wildman–Crippen MR) is 54.2 cm³/mol. The first kappa shape index (κ1) is 11.2. The minimum atomic E-state index is -3.71. The summed E-state index contributed by atoms with van der Waals surface area (Å²) in [5.41, 5.74) is 1.42. The molecule has 0 spiro atoms. The minimum Gasteiger partial charge on any atom is -0.237 e. The Labute approximate surface area is 84.1 Å². The van der Waals surface area contributed by atoms with Crippen LogP contribution in [0.4, 0.5) is 0 Å². The Morgan fingerprint density at radius 2 is 2.00 bits per heavy atom. The molecule has 0 bridgehead atoms. The van der Waals surface area contributed by atoms with E-state index in [9.17, 15) is 8.42 Å². The molecule has 0 aromatic carbocycles. The maximum absolute atomic E-state index is 11.3. The van der Waals surface area contributed by atoms with Crippen molar-refractivity contribution >= 4 is 10.2 Å². The highest BCUT2D eigenvalue weighted by Crippen LogP contribution is 2.14. The van der Waals surface area contributed by atoms with Crippen LogP contribution in [0.1, 0.15) is 30.6 Å². The molecule has 0 atom stereocenters. The number of hydrogen-bond acceptors (Lipinski definition) is 3. The lowest BCUT2D eigenvalue weighted by Crippen LogP contribution is -2.25. The average Bonchev–Trinajstić information content (AvgIpc) is 2.26. The lowest BCUT2D eigenvalue weighted by atomic mass is 10.2. The van der Waals surface area contributed by atoms with Gasteiger partial charge in [0, 0.05) is 0 Å². The van der Waals surface area contributed by atoms with Gasteiger partial charge >= 0.3 is 10.2 Å². The first-order valence-corrected chi connectivity index (χ1v) is 5.96. The Morgan fingerprint density at radius 1 is 1.43 bits per heavy atom. The number of imidazole rings is 1. The zero-order valence-corrected chi connectivity index (χ0v) is 9.43. The molecule has 0 aliphatic heterocycles. The van der Waals surface area contributed by atoms with Gasteiger partial charge in [-0.1, -0.05) is 13.3 Å². The third kappa shape index (κ3) is 1.96. The topological polar surface area (TPSA) is 78.0 Å². The molecule has 0 fully saturated rings. The maximum atomic E-state index is 11.3. The van der Waals surface area contributed by atoms with E-state index in [1.807, 2.05) is 6.92 Å². The summed E-state index contributed by atoms with van der Waals surface area (Å²) < 4.78 is 23.6. The second kappa shape index (κ2) is 3.70. The van der Waals surface area contributed by atoms with Crippen LogP contribution < -0.4 is 5.14 Å². The number of aromatic nitrogens is 2. The van der Waals surface area contributed by atoms with E-state index in [1.165, 1.54) is 0 Å². The molecule has 0 saturated heterocycles. The quantitative estimate of drug-likeness (QED) is 0.801. The largest absolute Gasteiger partial charge is 0.304 e. The molecule has 1 heterocycles. The van der Waals surface area contributed by atoms with Gasteiger partial charge in [-0.2, -0.15) is 8.42 Å². The number of rotatable bonds is 3. The first-order valence-electron chi connectivity index (χ1n) is 4.46. The van der Waals surface area contributed by atoms with E-state index in [2.05, 4.69) is 4.98 Å². The molecule has 80 valence electrons. The molecule has 1 rings (SSSR count). The van der Waals surface area contributed by atoms with Crippen molar-refractivity contribution in [2.75, 3.05) is 0 Å². The summed E-state index contributed by atoms with van der Waals surface area (Å²) in [6.07, 6.45) is 1.53. The van der Waals surface area contributed by atoms with Crippen molar-refractivity contribution in [2.45, 2.75) is 33.6 Å². The van der Waals surface area contributed by atoms with Crippen LogP contribution in [0.25, 0.3) is 0 Å². The van der Waals surface area contributed by atoms with Crippen molar-refractivity contribution in [1.29, 1.82) is 0 Å². The third-order valence-corrected chi connectivity index (χ3v) is 3.02. The lowest BCUT2D eigenvalue weighted by molar-refractivity contribution is 0.584. The van der Waals surface area contributed by atoms with E-state index < -0.39 is 10.2 Å². The molecule has 0 amide bonds. The van der Waals surface area contributed by atoms with E-state index in [4.69, 9.17) is 5.14 Å². The molecule has 1 aromatic heterocycles. The molecular formula is C8H15N3O2S. The van der Waals surface area contributed by atoms with E-state index in [1.54, 1.807) is 13.8 Å². The molecule has 5 nitrogen and oxygen atoms in total. The second-order valence-electron chi connectivity index (χ2n) is 3.25. The predicted octanol–water partition coefficient (Wildman–Crippen LogP) is 0.504. The van der Waals surface area contributed by atoms with Gasteiger partial charge in [-0.25, -0.2) is 14.1 Å². The lowest BCUT2D eigenvalue weighted by Gasteiger charge is -2.06. The molecular weight excluding hydrogens is 202 g/mol. The molecule has 0 aliphatic rings. The van der Waals surface area contributed by atoms with Gasteiger partial charge in [-0.05, 0) is 20.3 Å². The zero-order valence-electron chi connectivity index (χ0n) is 8.61. The minimum absolute atomic E-state index is 0.424. The number of hydrogen-bond donors (Lipinski definition) is 1. The van der Waals surface area contributed by atoms with Crippen molar-refractivity contribution < 1.29 is 8.42 Å². The number of aryl methyl sites for hydroxylation is 2. The fourth-order valence-electron chi connectivity index (χ4n) is 1.55. The Kier molecular flexibility index (Phi) is 2.96. The molecule has 1 aromatic rings. The van der Waals surface area contributed by atoms with Gasteiger partial charge in [0.05, 0.1) is 11.4 Å². The highest BCUT2D eigenvalue weighted by Gasteiger charge is 2.18. The van der Waals surface area contributed by atoms with Crippen molar-refractivity contribution in [3.63, 3.8) is 0 Å². The fourth-order valence-corrected chi connectivity index (χ4v) is 2.49. The van der Waals surface area contributed by atoms with Gasteiger partial charge in [0.1, 0.15) is 5.82 Å². The standard InChI is InChI=1S/C8H15N3O2S/c1-4-5-8-6(2)10-7(3)11(8)14(9,12)13/h4-5H2,1-3H3,(H2,9,12,13). The van der Waals surface area contributed by atoms with E-state index >= 15 is 0 Å². The highest BCUT2D eigenvalue weighted by molar-refractivity contribution is 7.87. The molecule has 14 heavy (non-hydrogen) atoms. The number of nitrogens with two attached hydrogens (primary N) is 1. The highest BCUT2D eigenvalue weighted by atomic mass is 32.2. The molecule has 0 unspecified atom stereocenters. The summed E-state index contributed by atoms with van der Waals surface area (Å²) in [4.78, 5) is 4.10. The van der Waals surface area contributed by atoms with Crippen molar-refractivity contribution in [2.24, 2.45) is 5.14 Å². The fraction of sp³-hybridized carbons (Fsp3) is 0.625. The summed E-state index contributed by atoms with van der Waals surface area (Å²) in [5.74, 6) is 0.424. The molecule has 0 saturated carbocycles. The second-order valence-corrected chi connectivity index (χ2v) is 4.65. The van der Waals surface area contributed by atoms with Crippen LogP contribution in [0.2, 0.25) is 0 Å². The van der Waals surface area contributed by atoms with Gasteiger partial charge in [0.15, 0.2) is 0 Å². The smallest absolute Gasteiger partial charge is 0.237 e. The van der Waals surface area contributed by atoms with Crippen LogP contribution in [-0.2, 0) is 16.6 Å². The summed E-state index contributed by atoms with van der Waals surface area (Å²) >= 11 is 0. The summed E-state index contributed by atoms with van der Waals surface area (Å²) in [6, 6.07) is 0. The van der Waals surface area contributed by atoms with Crippen LogP contribution in [-0.4, -0.2) is 17.4 Å². The molecule has 0 aliphatic carbocycles. The number of nitrogens with zero attached hydrogens (tertiary/aromatic N) is 2. The summed E-state index contributed by atoms with van der Waals surface area (Å²) in [7, 11) is -3.71. The van der Waals surface area contributed by atoms with E-state index in [0.717, 1.165) is 16.1 Å². The monoisotopic (exact) mass is 217 g/mol. The third-order valence-electron chi connectivity index (χ3n) is 2.03. The van der Waals surface area contributed by atoms with Gasteiger partial charge in [-0.15, -0.1) is 0 Å². The van der Waals surface area contributed by atoms with Crippen LogP contribution in [0.15, 0.2) is 0 Å². The van der Waals surface area contributed by atoms with Gasteiger partial charge in [-0.3, -0.25) is 0 Å². The Bertz CT molecular complexity index is 434. The first-order chi connectivity index (χ1) is 6.38. The van der Waals surface area contributed by atoms with Crippen LogP contribution >= 0.6 is 0 Å². The molecule has 6 heteroatoms. The van der Waals surface area contributed by atoms with Crippen LogP contribution in [0.5, 0.6) is 0 Å². The van der Waals surface area contributed by atoms with Gasteiger partial charge in [0.2, 0.25) is 0 Å². The summed E-state index contributed by atoms with van der Waals surface area (Å²) in [6.45, 7) is 5.41.